The number of hydrogen-bond donors (Lipinski definition) is 2. The number of rotatable bonds is 6. The molecule has 2 aromatic rings. The summed E-state index contributed by atoms with van der Waals surface area (Å²) in [6.45, 7) is 2.78. The Kier molecular flexibility index (Phi) is 5.97. The van der Waals surface area contributed by atoms with E-state index in [2.05, 4.69) is 10.0 Å². The fourth-order valence-electron chi connectivity index (χ4n) is 3.07. The van der Waals surface area contributed by atoms with E-state index < -0.39 is 26.0 Å². The standard InChI is InChI=1S/C19H23N3O5S2/c1-14-5-8-16(13-18(14)21-28(2,24)25)20-19(23)15-6-9-17(10-7-15)29(26,27)22-11-3-4-12-22/h5-10,13,21H,3-4,11-12H2,1-2H3,(H,20,23). The molecule has 156 valence electrons. The first kappa shape index (κ1) is 21.3. The number of nitrogens with one attached hydrogen (secondary N) is 2. The minimum absolute atomic E-state index is 0.158. The number of carbonyl (C=O) groups excluding carboxylic acids is 1. The van der Waals surface area contributed by atoms with Crippen LogP contribution in [-0.2, 0) is 20.0 Å². The summed E-state index contributed by atoms with van der Waals surface area (Å²) >= 11 is 0. The molecule has 1 fully saturated rings. The molecule has 0 saturated carbocycles. The van der Waals surface area contributed by atoms with Gasteiger partial charge in [-0.15, -0.1) is 0 Å². The van der Waals surface area contributed by atoms with Crippen molar-refractivity contribution in [2.24, 2.45) is 0 Å². The van der Waals surface area contributed by atoms with Crippen LogP contribution < -0.4 is 10.0 Å². The highest BCUT2D eigenvalue weighted by Crippen LogP contribution is 2.23. The van der Waals surface area contributed by atoms with Crippen LogP contribution in [0.15, 0.2) is 47.4 Å². The summed E-state index contributed by atoms with van der Waals surface area (Å²) in [5.74, 6) is -0.427. The van der Waals surface area contributed by atoms with Crippen LogP contribution in [0.25, 0.3) is 0 Å². The number of hydrogen-bond acceptors (Lipinski definition) is 5. The molecule has 0 aromatic heterocycles. The van der Waals surface area contributed by atoms with Crippen LogP contribution in [0.3, 0.4) is 0 Å². The van der Waals surface area contributed by atoms with Crippen molar-refractivity contribution < 1.29 is 21.6 Å². The maximum atomic E-state index is 12.6. The molecule has 8 nitrogen and oxygen atoms in total. The minimum Gasteiger partial charge on any atom is -0.322 e. The monoisotopic (exact) mass is 437 g/mol. The smallest absolute Gasteiger partial charge is 0.255 e. The van der Waals surface area contributed by atoms with Crippen LogP contribution in [-0.4, -0.2) is 46.4 Å². The van der Waals surface area contributed by atoms with E-state index in [1.807, 2.05) is 0 Å². The molecule has 29 heavy (non-hydrogen) atoms. The summed E-state index contributed by atoms with van der Waals surface area (Å²) in [7, 11) is -6.98. The lowest BCUT2D eigenvalue weighted by atomic mass is 10.1. The van der Waals surface area contributed by atoms with Crippen molar-refractivity contribution in [3.8, 4) is 0 Å². The van der Waals surface area contributed by atoms with Gasteiger partial charge in [-0.05, 0) is 61.7 Å². The molecule has 0 unspecified atom stereocenters. The van der Waals surface area contributed by atoms with Crippen molar-refractivity contribution in [2.45, 2.75) is 24.7 Å². The zero-order chi connectivity index (χ0) is 21.2. The lowest BCUT2D eigenvalue weighted by Gasteiger charge is -2.15. The third-order valence-corrected chi connectivity index (χ3v) is 7.11. The van der Waals surface area contributed by atoms with Crippen LogP contribution in [0.2, 0.25) is 0 Å². The van der Waals surface area contributed by atoms with Crippen LogP contribution in [0.4, 0.5) is 11.4 Å². The van der Waals surface area contributed by atoms with Gasteiger partial charge in [0.15, 0.2) is 0 Å². The van der Waals surface area contributed by atoms with E-state index in [0.29, 0.717) is 35.6 Å². The van der Waals surface area contributed by atoms with E-state index >= 15 is 0 Å². The molecule has 0 atom stereocenters. The molecule has 0 radical (unpaired) electrons. The third kappa shape index (κ3) is 5.14. The molecule has 1 amide bonds. The van der Waals surface area contributed by atoms with Crippen molar-refractivity contribution >= 4 is 37.3 Å². The van der Waals surface area contributed by atoms with E-state index in [4.69, 9.17) is 0 Å². The van der Waals surface area contributed by atoms with Crippen molar-refractivity contribution in [2.75, 3.05) is 29.4 Å². The Morgan fingerprint density at radius 1 is 0.966 bits per heavy atom. The molecule has 10 heteroatoms. The van der Waals surface area contributed by atoms with E-state index in [0.717, 1.165) is 19.1 Å². The lowest BCUT2D eigenvalue weighted by molar-refractivity contribution is 0.102. The molecule has 2 N–H and O–H groups in total. The van der Waals surface area contributed by atoms with E-state index in [9.17, 15) is 21.6 Å². The maximum absolute atomic E-state index is 12.6. The Bertz CT molecular complexity index is 1120. The summed E-state index contributed by atoms with van der Waals surface area (Å²) in [4.78, 5) is 12.7. The normalized spacial score (nSPS) is 15.2. The van der Waals surface area contributed by atoms with Crippen LogP contribution in [0.1, 0.15) is 28.8 Å². The number of nitrogens with zero attached hydrogens (tertiary/aromatic N) is 1. The van der Waals surface area contributed by atoms with Gasteiger partial charge >= 0.3 is 0 Å². The molecule has 0 bridgehead atoms. The lowest BCUT2D eigenvalue weighted by Crippen LogP contribution is -2.27. The highest BCUT2D eigenvalue weighted by atomic mass is 32.2. The van der Waals surface area contributed by atoms with Gasteiger partial charge in [-0.1, -0.05) is 6.07 Å². The molecule has 0 spiro atoms. The zero-order valence-electron chi connectivity index (χ0n) is 16.2. The molecule has 0 aliphatic carbocycles. The van der Waals surface area contributed by atoms with E-state index in [1.165, 1.54) is 34.6 Å². The highest BCUT2D eigenvalue weighted by Gasteiger charge is 2.27. The van der Waals surface area contributed by atoms with Crippen molar-refractivity contribution in [3.63, 3.8) is 0 Å². The summed E-state index contributed by atoms with van der Waals surface area (Å²) in [6, 6.07) is 10.6. The molecule has 1 saturated heterocycles. The quantitative estimate of drug-likeness (QED) is 0.721. The fraction of sp³-hybridized carbons (Fsp3) is 0.316. The summed E-state index contributed by atoms with van der Waals surface area (Å²) in [6.07, 6.45) is 2.76. The Morgan fingerprint density at radius 3 is 2.17 bits per heavy atom. The number of anilines is 2. The Labute approximate surface area is 171 Å². The van der Waals surface area contributed by atoms with Gasteiger partial charge in [-0.3, -0.25) is 9.52 Å². The predicted octanol–water partition coefficient (Wildman–Crippen LogP) is 2.40. The number of aryl methyl sites for hydroxylation is 1. The van der Waals surface area contributed by atoms with Crippen LogP contribution in [0.5, 0.6) is 0 Å². The molecule has 1 aliphatic heterocycles. The molecule has 1 aliphatic rings. The molecular formula is C19H23N3O5S2. The van der Waals surface area contributed by atoms with E-state index in [-0.39, 0.29) is 4.90 Å². The van der Waals surface area contributed by atoms with Gasteiger partial charge in [0.05, 0.1) is 16.8 Å². The number of amides is 1. The Morgan fingerprint density at radius 2 is 1.59 bits per heavy atom. The number of benzene rings is 2. The first-order chi connectivity index (χ1) is 13.6. The second kappa shape index (κ2) is 8.13. The summed E-state index contributed by atoms with van der Waals surface area (Å²) in [5, 5.41) is 2.69. The largest absolute Gasteiger partial charge is 0.322 e. The molecule has 2 aromatic carbocycles. The van der Waals surface area contributed by atoms with Crippen molar-refractivity contribution in [1.29, 1.82) is 0 Å². The van der Waals surface area contributed by atoms with Gasteiger partial charge in [0.25, 0.3) is 5.91 Å². The Balaban J connectivity index is 1.75. The Hall–Kier alpha value is -2.43. The van der Waals surface area contributed by atoms with Gasteiger partial charge in [0.1, 0.15) is 0 Å². The van der Waals surface area contributed by atoms with Gasteiger partial charge in [-0.25, -0.2) is 16.8 Å². The third-order valence-electron chi connectivity index (χ3n) is 4.61. The summed E-state index contributed by atoms with van der Waals surface area (Å²) < 4.78 is 51.9. The van der Waals surface area contributed by atoms with Crippen LogP contribution >= 0.6 is 0 Å². The minimum atomic E-state index is -3.53. The average Bonchev–Trinajstić information content (AvgIpc) is 3.19. The molecule has 1 heterocycles. The average molecular weight is 438 g/mol. The molecule has 3 rings (SSSR count). The first-order valence-corrected chi connectivity index (χ1v) is 12.4. The van der Waals surface area contributed by atoms with Gasteiger partial charge in [-0.2, -0.15) is 4.31 Å². The van der Waals surface area contributed by atoms with Gasteiger partial charge < -0.3 is 5.32 Å². The fourth-order valence-corrected chi connectivity index (χ4v) is 5.21. The van der Waals surface area contributed by atoms with Gasteiger partial charge in [0.2, 0.25) is 20.0 Å². The molecular weight excluding hydrogens is 414 g/mol. The van der Waals surface area contributed by atoms with Crippen molar-refractivity contribution in [1.82, 2.24) is 4.31 Å². The summed E-state index contributed by atoms with van der Waals surface area (Å²) in [5.41, 5.74) is 1.80. The number of sulfonamides is 2. The van der Waals surface area contributed by atoms with Gasteiger partial charge in [0, 0.05) is 24.3 Å². The first-order valence-electron chi connectivity index (χ1n) is 9.06. The van der Waals surface area contributed by atoms with Crippen molar-refractivity contribution in [3.05, 3.63) is 53.6 Å². The second-order valence-electron chi connectivity index (χ2n) is 6.99. The van der Waals surface area contributed by atoms with E-state index in [1.54, 1.807) is 19.1 Å². The zero-order valence-corrected chi connectivity index (χ0v) is 17.8. The number of carbonyl (C=O) groups is 1. The maximum Gasteiger partial charge on any atom is 0.255 e. The topological polar surface area (TPSA) is 113 Å². The second-order valence-corrected chi connectivity index (χ2v) is 10.7. The highest BCUT2D eigenvalue weighted by molar-refractivity contribution is 7.92. The van der Waals surface area contributed by atoms with Crippen LogP contribution in [0, 0.1) is 6.92 Å². The predicted molar refractivity (Wildman–Crippen MR) is 112 cm³/mol. The SMILES string of the molecule is Cc1ccc(NC(=O)c2ccc(S(=O)(=O)N3CCCC3)cc2)cc1NS(C)(=O)=O.